The first kappa shape index (κ1) is 17.1. The molecule has 0 amide bonds. The Bertz CT molecular complexity index is 594. The Morgan fingerprint density at radius 1 is 0.920 bits per heavy atom. The summed E-state index contributed by atoms with van der Waals surface area (Å²) in [6.45, 7) is 4.61. The van der Waals surface area contributed by atoms with E-state index in [2.05, 4.69) is 40.6 Å². The number of likely N-dealkylation sites (tertiary alicyclic amines) is 1. The summed E-state index contributed by atoms with van der Waals surface area (Å²) < 4.78 is 0. The molecule has 0 unspecified atom stereocenters. The molecule has 1 aromatic carbocycles. The third-order valence-electron chi connectivity index (χ3n) is 7.39. The fourth-order valence-electron chi connectivity index (χ4n) is 5.53. The van der Waals surface area contributed by atoms with Gasteiger partial charge in [0.15, 0.2) is 0 Å². The molecule has 3 aliphatic rings. The SMILES string of the molecule is N#CC1(c2ccccc2)CCN(C2CCC3(CCNCC3)CC2)CC1. The predicted molar refractivity (Wildman–Crippen MR) is 101 cm³/mol. The van der Waals surface area contributed by atoms with Crippen LogP contribution in [0.5, 0.6) is 0 Å². The van der Waals surface area contributed by atoms with Gasteiger partial charge in [-0.2, -0.15) is 5.26 Å². The smallest absolute Gasteiger partial charge is 0.0846 e. The molecule has 2 aliphatic heterocycles. The number of nitrogens with zero attached hydrogens (tertiary/aromatic N) is 2. The molecule has 3 nitrogen and oxygen atoms in total. The Morgan fingerprint density at radius 3 is 2.16 bits per heavy atom. The van der Waals surface area contributed by atoms with E-state index in [1.165, 1.54) is 57.2 Å². The molecule has 2 saturated heterocycles. The predicted octanol–water partition coefficient (Wildman–Crippen LogP) is 3.86. The van der Waals surface area contributed by atoms with Crippen molar-refractivity contribution >= 4 is 0 Å². The lowest BCUT2D eigenvalue weighted by Crippen LogP contribution is -2.49. The highest BCUT2D eigenvalue weighted by Crippen LogP contribution is 2.45. The van der Waals surface area contributed by atoms with Crippen molar-refractivity contribution in [3.05, 3.63) is 35.9 Å². The minimum atomic E-state index is -0.261. The van der Waals surface area contributed by atoms with E-state index in [1.807, 2.05) is 6.07 Å². The topological polar surface area (TPSA) is 39.1 Å². The lowest BCUT2D eigenvalue weighted by molar-refractivity contribution is 0.0479. The van der Waals surface area contributed by atoms with Crippen LogP contribution in [0.3, 0.4) is 0 Å². The van der Waals surface area contributed by atoms with Gasteiger partial charge in [0.05, 0.1) is 11.5 Å². The van der Waals surface area contributed by atoms with Crippen molar-refractivity contribution in [1.82, 2.24) is 10.2 Å². The van der Waals surface area contributed by atoms with Gasteiger partial charge in [0.2, 0.25) is 0 Å². The maximum atomic E-state index is 9.88. The standard InChI is InChI=1S/C22H31N3/c23-18-22(19-4-2-1-3-5-19)12-16-25(17-13-22)20-6-8-21(9-7-20)10-14-24-15-11-21/h1-5,20,24H,6-17H2. The molecule has 2 heterocycles. The molecule has 4 rings (SSSR count). The molecule has 1 spiro atoms. The Morgan fingerprint density at radius 2 is 1.56 bits per heavy atom. The Labute approximate surface area is 152 Å². The molecule has 3 fully saturated rings. The van der Waals surface area contributed by atoms with Gasteiger partial charge in [0.1, 0.15) is 0 Å². The second kappa shape index (κ2) is 7.09. The molecule has 25 heavy (non-hydrogen) atoms. The molecule has 0 radical (unpaired) electrons. The second-order valence-corrected chi connectivity index (χ2v) is 8.58. The second-order valence-electron chi connectivity index (χ2n) is 8.58. The third-order valence-corrected chi connectivity index (χ3v) is 7.39. The zero-order valence-electron chi connectivity index (χ0n) is 15.3. The van der Waals surface area contributed by atoms with Gasteiger partial charge in [-0.15, -0.1) is 0 Å². The van der Waals surface area contributed by atoms with E-state index in [0.29, 0.717) is 5.41 Å². The first-order chi connectivity index (χ1) is 12.3. The molecule has 134 valence electrons. The summed E-state index contributed by atoms with van der Waals surface area (Å²) in [6, 6.07) is 13.9. The number of benzene rings is 1. The van der Waals surface area contributed by atoms with Gasteiger partial charge in [-0.3, -0.25) is 0 Å². The van der Waals surface area contributed by atoms with Gasteiger partial charge in [-0.1, -0.05) is 30.3 Å². The fraction of sp³-hybridized carbons (Fsp3) is 0.682. The molecule has 1 aromatic rings. The maximum Gasteiger partial charge on any atom is 0.0846 e. The van der Waals surface area contributed by atoms with Gasteiger partial charge in [-0.25, -0.2) is 0 Å². The molecule has 0 atom stereocenters. The summed E-state index contributed by atoms with van der Waals surface area (Å²) in [5, 5.41) is 13.4. The average Bonchev–Trinajstić information content (AvgIpc) is 2.70. The van der Waals surface area contributed by atoms with Gasteiger partial charge >= 0.3 is 0 Å². The van der Waals surface area contributed by atoms with Crippen LogP contribution in [0.2, 0.25) is 0 Å². The number of hydrogen-bond acceptors (Lipinski definition) is 3. The maximum absolute atomic E-state index is 9.88. The molecule has 3 heteroatoms. The van der Waals surface area contributed by atoms with Crippen molar-refractivity contribution in [1.29, 1.82) is 5.26 Å². The summed E-state index contributed by atoms with van der Waals surface area (Å²) >= 11 is 0. The van der Waals surface area contributed by atoms with Crippen LogP contribution in [0, 0.1) is 16.7 Å². The van der Waals surface area contributed by atoms with E-state index >= 15 is 0 Å². The van der Waals surface area contributed by atoms with Crippen LogP contribution in [-0.4, -0.2) is 37.1 Å². The third kappa shape index (κ3) is 3.35. The van der Waals surface area contributed by atoms with Crippen molar-refractivity contribution in [2.24, 2.45) is 5.41 Å². The van der Waals surface area contributed by atoms with Crippen LogP contribution in [-0.2, 0) is 5.41 Å². The first-order valence-electron chi connectivity index (χ1n) is 10.2. The largest absolute Gasteiger partial charge is 0.317 e. The zero-order valence-corrected chi connectivity index (χ0v) is 15.3. The Kier molecular flexibility index (Phi) is 4.84. The molecule has 0 aromatic heterocycles. The van der Waals surface area contributed by atoms with E-state index in [-0.39, 0.29) is 5.41 Å². The summed E-state index contributed by atoms with van der Waals surface area (Å²) in [5.74, 6) is 0. The summed E-state index contributed by atoms with van der Waals surface area (Å²) in [5.41, 5.74) is 1.61. The molecular formula is C22H31N3. The number of hydrogen-bond donors (Lipinski definition) is 1. The van der Waals surface area contributed by atoms with E-state index in [1.54, 1.807) is 0 Å². The molecule has 1 saturated carbocycles. The van der Waals surface area contributed by atoms with Crippen molar-refractivity contribution in [3.8, 4) is 6.07 Å². The van der Waals surface area contributed by atoms with Crippen LogP contribution in [0.1, 0.15) is 56.9 Å². The normalized spacial score (nSPS) is 27.0. The van der Waals surface area contributed by atoms with Crippen LogP contribution in [0.15, 0.2) is 30.3 Å². The molecule has 1 aliphatic carbocycles. The van der Waals surface area contributed by atoms with Crippen LogP contribution in [0.25, 0.3) is 0 Å². The Balaban J connectivity index is 1.36. The van der Waals surface area contributed by atoms with E-state index in [9.17, 15) is 5.26 Å². The van der Waals surface area contributed by atoms with Crippen molar-refractivity contribution < 1.29 is 0 Å². The highest BCUT2D eigenvalue weighted by atomic mass is 15.2. The van der Waals surface area contributed by atoms with E-state index < -0.39 is 0 Å². The van der Waals surface area contributed by atoms with Gasteiger partial charge in [-0.05, 0) is 75.4 Å². The van der Waals surface area contributed by atoms with Crippen LogP contribution < -0.4 is 5.32 Å². The minimum Gasteiger partial charge on any atom is -0.317 e. The van der Waals surface area contributed by atoms with Crippen molar-refractivity contribution in [3.63, 3.8) is 0 Å². The summed E-state index contributed by atoms with van der Waals surface area (Å²) in [7, 11) is 0. The lowest BCUT2D eigenvalue weighted by Gasteiger charge is -2.48. The van der Waals surface area contributed by atoms with Crippen molar-refractivity contribution in [2.75, 3.05) is 26.2 Å². The number of piperidine rings is 2. The van der Waals surface area contributed by atoms with Gasteiger partial charge in [0.25, 0.3) is 0 Å². The van der Waals surface area contributed by atoms with Crippen LogP contribution >= 0.6 is 0 Å². The van der Waals surface area contributed by atoms with E-state index in [4.69, 9.17) is 0 Å². The highest BCUT2D eigenvalue weighted by molar-refractivity contribution is 5.33. The average molecular weight is 338 g/mol. The summed E-state index contributed by atoms with van der Waals surface area (Å²) in [4.78, 5) is 2.70. The fourth-order valence-corrected chi connectivity index (χ4v) is 5.53. The minimum absolute atomic E-state index is 0.261. The molecule has 1 N–H and O–H groups in total. The zero-order chi connectivity index (χ0) is 17.2. The van der Waals surface area contributed by atoms with Gasteiger partial charge < -0.3 is 10.2 Å². The van der Waals surface area contributed by atoms with Crippen LogP contribution in [0.4, 0.5) is 0 Å². The molecule has 0 bridgehead atoms. The van der Waals surface area contributed by atoms with Gasteiger partial charge in [0, 0.05) is 19.1 Å². The Hall–Kier alpha value is -1.37. The highest BCUT2D eigenvalue weighted by Gasteiger charge is 2.41. The number of nitrogens with one attached hydrogen (secondary N) is 1. The number of rotatable bonds is 2. The van der Waals surface area contributed by atoms with E-state index in [0.717, 1.165) is 32.0 Å². The monoisotopic (exact) mass is 337 g/mol. The first-order valence-corrected chi connectivity index (χ1v) is 10.2. The lowest BCUT2D eigenvalue weighted by atomic mass is 9.66. The van der Waals surface area contributed by atoms with Crippen molar-refractivity contribution in [2.45, 2.75) is 62.8 Å². The quantitative estimate of drug-likeness (QED) is 0.891. The molecular weight excluding hydrogens is 306 g/mol. The summed E-state index contributed by atoms with van der Waals surface area (Å²) in [6.07, 6.45) is 10.3. The number of nitriles is 1.